The summed E-state index contributed by atoms with van der Waals surface area (Å²) in [6, 6.07) is 20.5. The second-order valence-electron chi connectivity index (χ2n) is 6.58. The van der Waals surface area contributed by atoms with Crippen LogP contribution < -0.4 is 10.1 Å². The summed E-state index contributed by atoms with van der Waals surface area (Å²) in [7, 11) is 1.70. The smallest absolute Gasteiger partial charge is 0.163 e. The van der Waals surface area contributed by atoms with Gasteiger partial charge < -0.3 is 10.1 Å². The minimum atomic E-state index is 0.765. The zero-order chi connectivity index (χ0) is 19.3. The first-order valence-corrected chi connectivity index (χ1v) is 10.3. The van der Waals surface area contributed by atoms with Crippen molar-refractivity contribution < 1.29 is 4.74 Å². The van der Waals surface area contributed by atoms with Crippen molar-refractivity contribution >= 4 is 27.4 Å². The molecule has 0 amide bonds. The highest BCUT2D eigenvalue weighted by atomic mass is 32.1. The van der Waals surface area contributed by atoms with Crippen molar-refractivity contribution in [3.05, 3.63) is 71.1 Å². The van der Waals surface area contributed by atoms with Gasteiger partial charge in [-0.3, -0.25) is 0 Å². The maximum atomic E-state index is 5.32. The van der Waals surface area contributed by atoms with E-state index in [1.54, 1.807) is 18.4 Å². The van der Waals surface area contributed by atoms with Crippen molar-refractivity contribution in [1.29, 1.82) is 0 Å². The fourth-order valence-corrected chi connectivity index (χ4v) is 4.12. The first-order valence-electron chi connectivity index (χ1n) is 9.49. The van der Waals surface area contributed by atoms with Crippen LogP contribution in [0.25, 0.3) is 21.6 Å². The number of fused-ring (bicyclic) bond motifs is 1. The molecular formula is C23H23N3OS. The Morgan fingerprint density at radius 2 is 1.86 bits per heavy atom. The number of methoxy groups -OCH3 is 1. The number of nitrogens with one attached hydrogen (secondary N) is 1. The van der Waals surface area contributed by atoms with E-state index in [0.29, 0.717) is 0 Å². The monoisotopic (exact) mass is 389 g/mol. The van der Waals surface area contributed by atoms with Crippen LogP contribution in [0, 0.1) is 0 Å². The minimum Gasteiger partial charge on any atom is -0.497 e. The van der Waals surface area contributed by atoms with Gasteiger partial charge in [0.1, 0.15) is 16.4 Å². The predicted molar refractivity (Wildman–Crippen MR) is 117 cm³/mol. The van der Waals surface area contributed by atoms with E-state index in [9.17, 15) is 0 Å². The van der Waals surface area contributed by atoms with Crippen LogP contribution >= 0.6 is 11.3 Å². The van der Waals surface area contributed by atoms with E-state index in [2.05, 4.69) is 42.6 Å². The summed E-state index contributed by atoms with van der Waals surface area (Å²) >= 11 is 1.75. The summed E-state index contributed by atoms with van der Waals surface area (Å²) in [6.45, 7) is 2.97. The number of hydrogen-bond acceptors (Lipinski definition) is 5. The Morgan fingerprint density at radius 1 is 1.00 bits per heavy atom. The van der Waals surface area contributed by atoms with Gasteiger partial charge in [0.15, 0.2) is 5.82 Å². The molecule has 2 aromatic heterocycles. The third-order valence-electron chi connectivity index (χ3n) is 4.66. The molecule has 0 saturated carbocycles. The molecule has 0 aliphatic heterocycles. The highest BCUT2D eigenvalue weighted by Crippen LogP contribution is 2.31. The van der Waals surface area contributed by atoms with Crippen molar-refractivity contribution in [1.82, 2.24) is 9.97 Å². The topological polar surface area (TPSA) is 47.0 Å². The van der Waals surface area contributed by atoms with Crippen LogP contribution in [-0.2, 0) is 12.8 Å². The Balaban J connectivity index is 1.61. The lowest BCUT2D eigenvalue weighted by Gasteiger charge is -2.10. The molecule has 0 unspecified atom stereocenters. The molecule has 0 aliphatic rings. The summed E-state index contributed by atoms with van der Waals surface area (Å²) in [5.74, 6) is 2.56. The quantitative estimate of drug-likeness (QED) is 0.448. The van der Waals surface area contributed by atoms with Gasteiger partial charge in [0.05, 0.1) is 12.5 Å². The fourth-order valence-electron chi connectivity index (χ4n) is 3.15. The van der Waals surface area contributed by atoms with Gasteiger partial charge in [-0.05, 0) is 36.6 Å². The van der Waals surface area contributed by atoms with Crippen LogP contribution in [0.4, 0.5) is 5.82 Å². The number of aromatic nitrogens is 2. The summed E-state index contributed by atoms with van der Waals surface area (Å²) < 4.78 is 5.32. The molecule has 142 valence electrons. The Morgan fingerprint density at radius 3 is 2.64 bits per heavy atom. The van der Waals surface area contributed by atoms with Crippen LogP contribution in [0.1, 0.15) is 17.4 Å². The highest BCUT2D eigenvalue weighted by molar-refractivity contribution is 7.18. The van der Waals surface area contributed by atoms with Crippen molar-refractivity contribution in [2.45, 2.75) is 19.8 Å². The number of rotatable bonds is 7. The van der Waals surface area contributed by atoms with Gasteiger partial charge in [-0.2, -0.15) is 0 Å². The third kappa shape index (κ3) is 3.99. The average Bonchev–Trinajstić information content (AvgIpc) is 3.18. The van der Waals surface area contributed by atoms with Crippen LogP contribution in [0.2, 0.25) is 0 Å². The number of anilines is 1. The number of thiophene rings is 1. The van der Waals surface area contributed by atoms with Gasteiger partial charge >= 0.3 is 0 Å². The molecule has 2 heterocycles. The van der Waals surface area contributed by atoms with E-state index < -0.39 is 0 Å². The van der Waals surface area contributed by atoms with Crippen LogP contribution in [0.15, 0.2) is 60.7 Å². The van der Waals surface area contributed by atoms with Crippen LogP contribution in [0.5, 0.6) is 5.75 Å². The molecule has 0 radical (unpaired) electrons. The zero-order valence-corrected chi connectivity index (χ0v) is 16.9. The Bertz CT molecular complexity index is 1080. The molecular weight excluding hydrogens is 366 g/mol. The van der Waals surface area contributed by atoms with E-state index >= 15 is 0 Å². The minimum absolute atomic E-state index is 0.765. The highest BCUT2D eigenvalue weighted by Gasteiger charge is 2.12. The second kappa shape index (κ2) is 8.40. The van der Waals surface area contributed by atoms with Gasteiger partial charge in [0.25, 0.3) is 0 Å². The molecule has 0 saturated heterocycles. The molecule has 0 fully saturated rings. The predicted octanol–water partition coefficient (Wildman–Crippen LogP) is 5.58. The van der Waals surface area contributed by atoms with Crippen LogP contribution in [0.3, 0.4) is 0 Å². The Kier molecular flexibility index (Phi) is 5.53. The van der Waals surface area contributed by atoms with E-state index in [1.165, 1.54) is 10.4 Å². The molecule has 2 aromatic carbocycles. The molecule has 4 rings (SSSR count). The number of nitrogens with zero attached hydrogens (tertiary/aromatic N) is 2. The third-order valence-corrected chi connectivity index (χ3v) is 5.84. The molecule has 0 aliphatic carbocycles. The molecule has 0 atom stereocenters. The summed E-state index contributed by atoms with van der Waals surface area (Å²) in [5, 5.41) is 4.64. The maximum Gasteiger partial charge on any atom is 0.163 e. The molecule has 28 heavy (non-hydrogen) atoms. The van der Waals surface area contributed by atoms with E-state index in [1.807, 2.05) is 30.3 Å². The van der Waals surface area contributed by atoms with Crippen LogP contribution in [-0.4, -0.2) is 23.6 Å². The summed E-state index contributed by atoms with van der Waals surface area (Å²) in [6.07, 6.45) is 1.90. The number of ether oxygens (including phenoxy) is 1. The van der Waals surface area contributed by atoms with Gasteiger partial charge in [0.2, 0.25) is 0 Å². The molecule has 0 bridgehead atoms. The average molecular weight is 390 g/mol. The SMILES string of the molecule is CCc1cc2c(NCCc3cccc(OC)c3)nc(-c3ccccc3)nc2s1. The molecule has 4 aromatic rings. The molecule has 0 spiro atoms. The van der Waals surface area contributed by atoms with E-state index in [-0.39, 0.29) is 0 Å². The molecule has 5 heteroatoms. The first kappa shape index (κ1) is 18.4. The van der Waals surface area contributed by atoms with Crippen molar-refractivity contribution in [2.24, 2.45) is 0 Å². The van der Waals surface area contributed by atoms with E-state index in [4.69, 9.17) is 14.7 Å². The number of benzene rings is 2. The lowest BCUT2D eigenvalue weighted by atomic mass is 10.1. The maximum absolute atomic E-state index is 5.32. The van der Waals surface area contributed by atoms with Crippen molar-refractivity contribution in [2.75, 3.05) is 19.0 Å². The van der Waals surface area contributed by atoms with Crippen molar-refractivity contribution in [3.63, 3.8) is 0 Å². The molecule has 1 N–H and O–H groups in total. The Labute approximate surface area is 169 Å². The van der Waals surface area contributed by atoms with Gasteiger partial charge in [-0.25, -0.2) is 9.97 Å². The van der Waals surface area contributed by atoms with E-state index in [0.717, 1.165) is 52.6 Å². The van der Waals surface area contributed by atoms with Gasteiger partial charge in [0, 0.05) is 17.0 Å². The lowest BCUT2D eigenvalue weighted by molar-refractivity contribution is 0.414. The number of hydrogen-bond donors (Lipinski definition) is 1. The van der Waals surface area contributed by atoms with Gasteiger partial charge in [-0.15, -0.1) is 11.3 Å². The molecule has 4 nitrogen and oxygen atoms in total. The lowest BCUT2D eigenvalue weighted by Crippen LogP contribution is -2.07. The standard InChI is InChI=1S/C23H23N3OS/c1-3-19-15-20-22(24-13-12-16-8-7-11-18(14-16)27-2)25-21(26-23(20)28-19)17-9-5-4-6-10-17/h4-11,14-15H,3,12-13H2,1-2H3,(H,24,25,26). The first-order chi connectivity index (χ1) is 13.8. The normalized spacial score (nSPS) is 10.9. The van der Waals surface area contributed by atoms with Crippen molar-refractivity contribution in [3.8, 4) is 17.1 Å². The largest absolute Gasteiger partial charge is 0.497 e. The second-order valence-corrected chi connectivity index (χ2v) is 7.69. The number of aryl methyl sites for hydroxylation is 1. The zero-order valence-electron chi connectivity index (χ0n) is 16.1. The fraction of sp³-hybridized carbons (Fsp3) is 0.217. The summed E-state index contributed by atoms with van der Waals surface area (Å²) in [4.78, 5) is 12.0. The Hall–Kier alpha value is -2.92. The summed E-state index contributed by atoms with van der Waals surface area (Å²) in [5.41, 5.74) is 2.27. The van der Waals surface area contributed by atoms with Gasteiger partial charge in [-0.1, -0.05) is 49.4 Å².